The van der Waals surface area contributed by atoms with Crippen molar-refractivity contribution in [3.05, 3.63) is 24.3 Å². The van der Waals surface area contributed by atoms with Gasteiger partial charge in [0, 0.05) is 24.7 Å². The van der Waals surface area contributed by atoms with Crippen LogP contribution < -0.4 is 4.90 Å². The molecule has 0 atom stereocenters. The third-order valence-corrected chi connectivity index (χ3v) is 2.12. The quantitative estimate of drug-likeness (QED) is 0.560. The number of hydrogen-bond donors (Lipinski definition) is 0. The molecule has 1 rings (SSSR count). The summed E-state index contributed by atoms with van der Waals surface area (Å²) in [6, 6.07) is 7.89. The molecular weight excluding hydrogens is 204 g/mol. The first-order valence-corrected chi connectivity index (χ1v) is 4.39. The number of thioether (sulfide) groups is 1. The van der Waals surface area contributed by atoms with Gasteiger partial charge in [-0.3, -0.25) is 0 Å². The first-order chi connectivity index (χ1) is 5.74. The highest BCUT2D eigenvalue weighted by atomic mass is 35.5. The lowest BCUT2D eigenvalue weighted by Crippen LogP contribution is -2.07. The van der Waals surface area contributed by atoms with Gasteiger partial charge in [0.15, 0.2) is 0 Å². The van der Waals surface area contributed by atoms with Crippen molar-refractivity contribution in [3.63, 3.8) is 0 Å². The summed E-state index contributed by atoms with van der Waals surface area (Å²) in [6.07, 6.45) is 0. The molecule has 1 aromatic carbocycles. The number of nitriles is 1. The fourth-order valence-electron chi connectivity index (χ4n) is 0.865. The van der Waals surface area contributed by atoms with Crippen molar-refractivity contribution in [3.8, 4) is 5.40 Å². The lowest BCUT2D eigenvalue weighted by atomic mass is 10.3. The fourth-order valence-corrected chi connectivity index (χ4v) is 1.24. The normalized spacial score (nSPS) is 8.38. The van der Waals surface area contributed by atoms with E-state index in [4.69, 9.17) is 5.26 Å². The molecular formula is C9H11ClN2S. The Morgan fingerprint density at radius 2 is 1.77 bits per heavy atom. The zero-order chi connectivity index (χ0) is 8.97. The van der Waals surface area contributed by atoms with Gasteiger partial charge in [0.1, 0.15) is 5.40 Å². The molecule has 0 aliphatic carbocycles. The van der Waals surface area contributed by atoms with Crippen LogP contribution in [0.25, 0.3) is 0 Å². The number of halogens is 1. The Morgan fingerprint density at radius 1 is 1.23 bits per heavy atom. The Hall–Kier alpha value is -0.850. The highest BCUT2D eigenvalue weighted by molar-refractivity contribution is 8.03. The fraction of sp³-hybridized carbons (Fsp3) is 0.222. The molecule has 13 heavy (non-hydrogen) atoms. The third kappa shape index (κ3) is 3.58. The predicted molar refractivity (Wildman–Crippen MR) is 59.5 cm³/mol. The van der Waals surface area contributed by atoms with Crippen LogP contribution in [0.5, 0.6) is 0 Å². The molecule has 2 nitrogen and oxygen atoms in total. The second kappa shape index (κ2) is 5.74. The molecule has 0 aliphatic heterocycles. The Kier molecular flexibility index (Phi) is 5.36. The second-order valence-corrected chi connectivity index (χ2v) is 3.44. The lowest BCUT2D eigenvalue weighted by Gasteiger charge is -2.11. The first kappa shape index (κ1) is 12.2. The molecule has 0 saturated heterocycles. The third-order valence-electron chi connectivity index (χ3n) is 1.52. The molecule has 0 aromatic heterocycles. The van der Waals surface area contributed by atoms with Crippen LogP contribution in [-0.4, -0.2) is 14.1 Å². The highest BCUT2D eigenvalue weighted by Crippen LogP contribution is 2.19. The van der Waals surface area contributed by atoms with Gasteiger partial charge in [0.05, 0.1) is 0 Å². The van der Waals surface area contributed by atoms with Crippen LogP contribution in [-0.2, 0) is 0 Å². The summed E-state index contributed by atoms with van der Waals surface area (Å²) in [4.78, 5) is 3.02. The molecule has 4 heteroatoms. The van der Waals surface area contributed by atoms with E-state index in [9.17, 15) is 0 Å². The Morgan fingerprint density at radius 3 is 2.15 bits per heavy atom. The van der Waals surface area contributed by atoms with Crippen LogP contribution in [0.3, 0.4) is 0 Å². The van der Waals surface area contributed by atoms with E-state index in [-0.39, 0.29) is 12.4 Å². The van der Waals surface area contributed by atoms with Crippen LogP contribution in [0.2, 0.25) is 0 Å². The SMILES string of the molecule is CN(C)c1ccc(SC#N)cc1.Cl. The zero-order valence-electron chi connectivity index (χ0n) is 7.52. The largest absolute Gasteiger partial charge is 0.378 e. The molecule has 0 radical (unpaired) electrons. The van der Waals surface area contributed by atoms with Gasteiger partial charge in [0.25, 0.3) is 0 Å². The van der Waals surface area contributed by atoms with E-state index in [0.29, 0.717) is 0 Å². The summed E-state index contributed by atoms with van der Waals surface area (Å²) in [6.45, 7) is 0. The van der Waals surface area contributed by atoms with Gasteiger partial charge >= 0.3 is 0 Å². The van der Waals surface area contributed by atoms with E-state index in [1.807, 2.05) is 48.7 Å². The second-order valence-electron chi connectivity index (χ2n) is 2.58. The molecule has 0 amide bonds. The van der Waals surface area contributed by atoms with Gasteiger partial charge in [-0.1, -0.05) is 0 Å². The van der Waals surface area contributed by atoms with E-state index in [1.54, 1.807) is 0 Å². The maximum Gasteiger partial charge on any atom is 0.138 e. The van der Waals surface area contributed by atoms with Crippen molar-refractivity contribution in [1.29, 1.82) is 5.26 Å². The van der Waals surface area contributed by atoms with Gasteiger partial charge in [-0.25, -0.2) is 0 Å². The van der Waals surface area contributed by atoms with E-state index in [0.717, 1.165) is 10.6 Å². The van der Waals surface area contributed by atoms with Crippen molar-refractivity contribution >= 4 is 29.9 Å². The van der Waals surface area contributed by atoms with Crippen molar-refractivity contribution in [2.24, 2.45) is 0 Å². The molecule has 0 N–H and O–H groups in total. The first-order valence-electron chi connectivity index (χ1n) is 3.57. The Labute approximate surface area is 89.0 Å². The number of nitrogens with zero attached hydrogens (tertiary/aromatic N) is 2. The number of thiocyanates is 1. The maximum absolute atomic E-state index is 8.40. The molecule has 70 valence electrons. The van der Waals surface area contributed by atoms with Gasteiger partial charge < -0.3 is 4.90 Å². The highest BCUT2D eigenvalue weighted by Gasteiger charge is 1.95. The number of benzene rings is 1. The Bertz CT molecular complexity index is 289. The van der Waals surface area contributed by atoms with Crippen LogP contribution in [0.4, 0.5) is 5.69 Å². The van der Waals surface area contributed by atoms with Gasteiger partial charge in [0.2, 0.25) is 0 Å². The van der Waals surface area contributed by atoms with Crippen molar-refractivity contribution in [1.82, 2.24) is 0 Å². The van der Waals surface area contributed by atoms with E-state index < -0.39 is 0 Å². The van der Waals surface area contributed by atoms with E-state index in [1.165, 1.54) is 11.8 Å². The summed E-state index contributed by atoms with van der Waals surface area (Å²) in [5.41, 5.74) is 1.15. The van der Waals surface area contributed by atoms with E-state index >= 15 is 0 Å². The van der Waals surface area contributed by atoms with Crippen molar-refractivity contribution in [2.45, 2.75) is 4.90 Å². The van der Waals surface area contributed by atoms with Crippen LogP contribution in [0, 0.1) is 10.7 Å². The minimum atomic E-state index is 0. The van der Waals surface area contributed by atoms with Crippen molar-refractivity contribution < 1.29 is 0 Å². The minimum Gasteiger partial charge on any atom is -0.378 e. The molecule has 0 unspecified atom stereocenters. The number of anilines is 1. The lowest BCUT2D eigenvalue weighted by molar-refractivity contribution is 1.13. The van der Waals surface area contributed by atoms with Gasteiger partial charge in [-0.05, 0) is 36.0 Å². The maximum atomic E-state index is 8.40. The molecule has 0 fully saturated rings. The summed E-state index contributed by atoms with van der Waals surface area (Å²) in [5.74, 6) is 0. The summed E-state index contributed by atoms with van der Waals surface area (Å²) in [5, 5.41) is 10.4. The smallest absolute Gasteiger partial charge is 0.138 e. The van der Waals surface area contributed by atoms with Crippen LogP contribution >= 0.6 is 24.2 Å². The molecule has 0 saturated carbocycles. The number of rotatable bonds is 2. The van der Waals surface area contributed by atoms with Crippen LogP contribution in [0.15, 0.2) is 29.2 Å². The van der Waals surface area contributed by atoms with E-state index in [2.05, 4.69) is 0 Å². The average Bonchev–Trinajstić information content (AvgIpc) is 2.06. The van der Waals surface area contributed by atoms with Crippen LogP contribution in [0.1, 0.15) is 0 Å². The summed E-state index contributed by atoms with van der Waals surface area (Å²) in [7, 11) is 3.99. The summed E-state index contributed by atoms with van der Waals surface area (Å²) < 4.78 is 0. The monoisotopic (exact) mass is 214 g/mol. The van der Waals surface area contributed by atoms with Gasteiger partial charge in [-0.15, -0.1) is 12.4 Å². The molecule has 0 spiro atoms. The Balaban J connectivity index is 0.00000144. The molecule has 0 heterocycles. The molecule has 1 aromatic rings. The van der Waals surface area contributed by atoms with Gasteiger partial charge in [-0.2, -0.15) is 5.26 Å². The minimum absolute atomic E-state index is 0. The molecule has 0 bridgehead atoms. The zero-order valence-corrected chi connectivity index (χ0v) is 9.15. The standard InChI is InChI=1S/C9H10N2S.ClH/c1-11(2)8-3-5-9(6-4-8)12-7-10;/h3-6H,1-2H3;1H. The number of hydrogen-bond acceptors (Lipinski definition) is 3. The van der Waals surface area contributed by atoms with Crippen molar-refractivity contribution in [2.75, 3.05) is 19.0 Å². The molecule has 0 aliphatic rings. The predicted octanol–water partition coefficient (Wildman–Crippen LogP) is 2.75. The average molecular weight is 215 g/mol. The topological polar surface area (TPSA) is 27.0 Å². The summed E-state index contributed by atoms with van der Waals surface area (Å²) >= 11 is 1.18.